The molecule has 4 saturated carbocycles. The van der Waals surface area contributed by atoms with Crippen LogP contribution in [0.4, 0.5) is 8.78 Å². The number of carbonyl (C=O) groups excluding carboxylic acids is 1. The highest BCUT2D eigenvalue weighted by Gasteiger charge is 2.59. The fraction of sp³-hybridized carbons (Fsp3) is 0.632. The zero-order chi connectivity index (χ0) is 19.4. The van der Waals surface area contributed by atoms with Gasteiger partial charge in [0.1, 0.15) is 0 Å². The molecule has 4 bridgehead atoms. The van der Waals surface area contributed by atoms with Crippen molar-refractivity contribution in [3.8, 4) is 0 Å². The van der Waals surface area contributed by atoms with Crippen LogP contribution in [0.1, 0.15) is 43.6 Å². The molecule has 5 nitrogen and oxygen atoms in total. The number of carbonyl (C=O) groups is 1. The fourth-order valence-electron chi connectivity index (χ4n) is 6.10. The molecule has 1 aromatic carbocycles. The minimum absolute atomic E-state index is 0.0960. The van der Waals surface area contributed by atoms with Crippen molar-refractivity contribution < 1.29 is 31.3 Å². The molecule has 5 rings (SSSR count). The van der Waals surface area contributed by atoms with Crippen LogP contribution in [-0.2, 0) is 19.6 Å². The molecule has 0 aromatic heterocycles. The summed E-state index contributed by atoms with van der Waals surface area (Å²) < 4.78 is 62.3. The molecule has 27 heavy (non-hydrogen) atoms. The van der Waals surface area contributed by atoms with E-state index in [1.54, 1.807) is 0 Å². The number of benzene rings is 1. The smallest absolute Gasteiger partial charge is 0.460 e. The van der Waals surface area contributed by atoms with Crippen molar-refractivity contribution in [3.63, 3.8) is 0 Å². The zero-order valence-corrected chi connectivity index (χ0v) is 15.5. The summed E-state index contributed by atoms with van der Waals surface area (Å²) in [4.78, 5) is 11.7. The van der Waals surface area contributed by atoms with E-state index in [9.17, 15) is 22.0 Å². The first-order valence-electron chi connectivity index (χ1n) is 9.19. The Labute approximate surface area is 156 Å². The Balaban J connectivity index is 1.61. The third-order valence-electron chi connectivity index (χ3n) is 6.67. The molecule has 4 fully saturated rings. The summed E-state index contributed by atoms with van der Waals surface area (Å²) in [6.07, 6.45) is 4.86. The van der Waals surface area contributed by atoms with Crippen molar-refractivity contribution in [2.45, 2.75) is 43.3 Å². The van der Waals surface area contributed by atoms with Gasteiger partial charge in [0.15, 0.2) is 0 Å². The number of alkyl halides is 2. The Morgan fingerprint density at radius 3 is 2.30 bits per heavy atom. The molecular weight excluding hydrogens is 378 g/mol. The zero-order valence-electron chi connectivity index (χ0n) is 14.7. The number of ether oxygens (including phenoxy) is 1. The van der Waals surface area contributed by atoms with Crippen molar-refractivity contribution in [3.05, 3.63) is 35.9 Å². The number of esters is 1. The summed E-state index contributed by atoms with van der Waals surface area (Å²) in [5.74, 6) is -0.711. The number of hydrogen-bond acceptors (Lipinski definition) is 4. The molecule has 0 spiro atoms. The van der Waals surface area contributed by atoms with Gasteiger partial charge in [-0.15, -0.1) is 0 Å². The topological polar surface area (TPSA) is 80.7 Å². The summed E-state index contributed by atoms with van der Waals surface area (Å²) >= 11 is 0. The van der Waals surface area contributed by atoms with Gasteiger partial charge in [-0.2, -0.15) is 17.2 Å². The van der Waals surface area contributed by atoms with Crippen molar-refractivity contribution in [2.24, 2.45) is 23.2 Å². The SMILES string of the molecule is O=C(OCC12CC3CC(CC(C3)C1c1ccccc1)C2)C(F)(F)S(=O)(=O)O. The van der Waals surface area contributed by atoms with Crippen LogP contribution in [0, 0.1) is 23.2 Å². The van der Waals surface area contributed by atoms with Gasteiger partial charge < -0.3 is 4.74 Å². The van der Waals surface area contributed by atoms with E-state index in [0.29, 0.717) is 17.8 Å². The Morgan fingerprint density at radius 2 is 1.74 bits per heavy atom. The second-order valence-electron chi connectivity index (χ2n) is 8.43. The maximum absolute atomic E-state index is 13.6. The Morgan fingerprint density at radius 1 is 1.15 bits per heavy atom. The highest BCUT2D eigenvalue weighted by Crippen LogP contribution is 2.66. The van der Waals surface area contributed by atoms with Gasteiger partial charge >= 0.3 is 21.3 Å². The van der Waals surface area contributed by atoms with Crippen LogP contribution in [0.2, 0.25) is 0 Å². The molecule has 4 aliphatic carbocycles. The average molecular weight is 400 g/mol. The lowest BCUT2D eigenvalue weighted by atomic mass is 9.44. The van der Waals surface area contributed by atoms with Crippen LogP contribution >= 0.6 is 0 Å². The van der Waals surface area contributed by atoms with Gasteiger partial charge in [0.05, 0.1) is 6.61 Å². The van der Waals surface area contributed by atoms with Crippen molar-refractivity contribution in [1.82, 2.24) is 0 Å². The van der Waals surface area contributed by atoms with Crippen molar-refractivity contribution in [1.29, 1.82) is 0 Å². The standard InChI is InChI=1S/C19H22F2O5S/c20-19(21,27(23,24)25)17(22)26-11-18-9-12-6-13(10-18)8-15(7-12)16(18)14-4-2-1-3-5-14/h1-5,12-13,15-16H,6-11H2,(H,23,24,25). The molecule has 4 aliphatic rings. The van der Waals surface area contributed by atoms with Gasteiger partial charge in [0, 0.05) is 5.41 Å². The molecule has 0 saturated heterocycles. The lowest BCUT2D eigenvalue weighted by molar-refractivity contribution is -0.174. The van der Waals surface area contributed by atoms with Gasteiger partial charge in [-0.25, -0.2) is 4.79 Å². The van der Waals surface area contributed by atoms with Gasteiger partial charge in [-0.1, -0.05) is 30.3 Å². The summed E-state index contributed by atoms with van der Waals surface area (Å²) in [5.41, 5.74) is 0.653. The van der Waals surface area contributed by atoms with Crippen molar-refractivity contribution in [2.75, 3.05) is 6.61 Å². The van der Waals surface area contributed by atoms with E-state index in [1.165, 1.54) is 0 Å². The van der Waals surface area contributed by atoms with E-state index in [-0.39, 0.29) is 12.5 Å². The quantitative estimate of drug-likeness (QED) is 0.603. The van der Waals surface area contributed by atoms with Gasteiger partial charge in [0.25, 0.3) is 0 Å². The molecule has 0 amide bonds. The van der Waals surface area contributed by atoms with E-state index in [2.05, 4.69) is 0 Å². The first-order chi connectivity index (χ1) is 12.6. The average Bonchev–Trinajstić information content (AvgIpc) is 2.58. The minimum Gasteiger partial charge on any atom is -0.460 e. The van der Waals surface area contributed by atoms with E-state index in [4.69, 9.17) is 9.29 Å². The van der Waals surface area contributed by atoms with E-state index < -0.39 is 26.8 Å². The summed E-state index contributed by atoms with van der Waals surface area (Å²) in [7, 11) is -5.85. The van der Waals surface area contributed by atoms with Gasteiger partial charge in [-0.3, -0.25) is 4.55 Å². The van der Waals surface area contributed by atoms with Gasteiger partial charge in [-0.05, 0) is 61.3 Å². The predicted octanol–water partition coefficient (Wildman–Crippen LogP) is 3.62. The van der Waals surface area contributed by atoms with Gasteiger partial charge in [0.2, 0.25) is 0 Å². The first-order valence-corrected chi connectivity index (χ1v) is 10.6. The molecule has 3 atom stereocenters. The molecule has 1 aromatic rings. The van der Waals surface area contributed by atoms with E-state index in [1.807, 2.05) is 30.3 Å². The molecule has 3 unspecified atom stereocenters. The lowest BCUT2D eigenvalue weighted by Gasteiger charge is -2.61. The van der Waals surface area contributed by atoms with Crippen LogP contribution in [0.3, 0.4) is 0 Å². The van der Waals surface area contributed by atoms with E-state index in [0.717, 1.165) is 37.7 Å². The first kappa shape index (κ1) is 18.8. The summed E-state index contributed by atoms with van der Waals surface area (Å²) in [6, 6.07) is 9.82. The van der Waals surface area contributed by atoms with Crippen LogP contribution in [-0.4, -0.2) is 30.8 Å². The number of rotatable bonds is 5. The maximum atomic E-state index is 13.6. The fourth-order valence-corrected chi connectivity index (χ4v) is 6.37. The highest BCUT2D eigenvalue weighted by molar-refractivity contribution is 7.87. The third-order valence-corrected chi connectivity index (χ3v) is 7.49. The minimum atomic E-state index is -5.85. The molecule has 8 heteroatoms. The second-order valence-corrected chi connectivity index (χ2v) is 9.89. The molecule has 1 N–H and O–H groups in total. The monoisotopic (exact) mass is 400 g/mol. The molecule has 0 radical (unpaired) electrons. The Kier molecular flexibility index (Phi) is 4.34. The predicted molar refractivity (Wildman–Crippen MR) is 92.6 cm³/mol. The summed E-state index contributed by atoms with van der Waals surface area (Å²) in [5, 5.41) is -4.95. The normalized spacial score (nSPS) is 35.2. The number of hydrogen-bond donors (Lipinski definition) is 1. The molecule has 0 heterocycles. The second kappa shape index (κ2) is 6.24. The van der Waals surface area contributed by atoms with Crippen LogP contribution in [0.5, 0.6) is 0 Å². The summed E-state index contributed by atoms with van der Waals surface area (Å²) in [6.45, 7) is -0.250. The molecule has 0 aliphatic heterocycles. The highest BCUT2D eigenvalue weighted by atomic mass is 32.2. The maximum Gasteiger partial charge on any atom is 0.465 e. The van der Waals surface area contributed by atoms with Crippen LogP contribution in [0.15, 0.2) is 30.3 Å². The van der Waals surface area contributed by atoms with E-state index >= 15 is 0 Å². The largest absolute Gasteiger partial charge is 0.465 e. The molecule has 148 valence electrons. The Hall–Kier alpha value is -1.54. The van der Waals surface area contributed by atoms with Crippen LogP contribution < -0.4 is 0 Å². The lowest BCUT2D eigenvalue weighted by Crippen LogP contribution is -2.54. The van der Waals surface area contributed by atoms with Crippen LogP contribution in [0.25, 0.3) is 0 Å². The molecular formula is C19H22F2O5S. The number of halogens is 2. The third kappa shape index (κ3) is 3.06. The van der Waals surface area contributed by atoms with Crippen molar-refractivity contribution >= 4 is 16.1 Å². The Bertz CT molecular complexity index is 825.